The molecule has 0 bridgehead atoms. The molecule has 5 nitrogen and oxygen atoms in total. The molecule has 2 rings (SSSR count). The molecule has 1 heterocycles. The molecule has 1 aromatic carbocycles. The van der Waals surface area contributed by atoms with Crippen molar-refractivity contribution in [3.05, 3.63) is 45.9 Å². The Morgan fingerprint density at radius 2 is 2.05 bits per heavy atom. The summed E-state index contributed by atoms with van der Waals surface area (Å²) in [5.74, 6) is -0.337. The minimum absolute atomic E-state index is 0.0666. The highest BCUT2D eigenvalue weighted by Gasteiger charge is 2.09. The Morgan fingerprint density at radius 3 is 2.63 bits per heavy atom. The van der Waals surface area contributed by atoms with E-state index in [0.29, 0.717) is 17.9 Å². The number of nitrogens with zero attached hydrogens (tertiary/aromatic N) is 1. The second-order valence-corrected chi connectivity index (χ2v) is 4.71. The molecule has 0 aliphatic carbocycles. The van der Waals surface area contributed by atoms with Gasteiger partial charge in [-0.25, -0.2) is 9.78 Å². The molecule has 100 valence electrons. The summed E-state index contributed by atoms with van der Waals surface area (Å²) in [7, 11) is 0. The average molecular weight is 279 g/mol. The molecule has 0 amide bonds. The molecule has 0 radical (unpaired) electrons. The van der Waals surface area contributed by atoms with Gasteiger partial charge < -0.3 is 14.9 Å². The van der Waals surface area contributed by atoms with Gasteiger partial charge in [0.15, 0.2) is 0 Å². The van der Waals surface area contributed by atoms with Crippen LogP contribution in [0.5, 0.6) is 5.75 Å². The second kappa shape index (κ2) is 6.31. The zero-order valence-corrected chi connectivity index (χ0v) is 10.9. The molecule has 0 fully saturated rings. The molecular formula is C13H13NO4S. The predicted molar refractivity (Wildman–Crippen MR) is 70.6 cm³/mol. The van der Waals surface area contributed by atoms with Gasteiger partial charge in [0.1, 0.15) is 12.4 Å². The fraction of sp³-hybridized carbons (Fsp3) is 0.231. The Hall–Kier alpha value is -1.92. The number of aromatic nitrogens is 1. The van der Waals surface area contributed by atoms with Gasteiger partial charge in [-0.05, 0) is 24.1 Å². The Balaban J connectivity index is 1.92. The molecule has 0 aliphatic rings. The number of carbonyl (C=O) groups is 1. The molecule has 1 aromatic heterocycles. The van der Waals surface area contributed by atoms with Crippen LogP contribution in [0.2, 0.25) is 0 Å². The Bertz CT molecular complexity index is 550. The molecule has 2 aromatic rings. The molecule has 2 N–H and O–H groups in total. The normalized spacial score (nSPS) is 10.4. The Morgan fingerprint density at radius 1 is 1.32 bits per heavy atom. The highest BCUT2D eigenvalue weighted by molar-refractivity contribution is 7.11. The van der Waals surface area contributed by atoms with Crippen LogP contribution in [0, 0.1) is 0 Å². The number of carboxylic acids is 1. The van der Waals surface area contributed by atoms with Crippen LogP contribution in [0.1, 0.15) is 21.1 Å². The summed E-state index contributed by atoms with van der Waals surface area (Å²) in [5, 5.41) is 19.3. The van der Waals surface area contributed by atoms with Gasteiger partial charge in [0, 0.05) is 12.0 Å². The quantitative estimate of drug-likeness (QED) is 0.845. The van der Waals surface area contributed by atoms with Gasteiger partial charge >= 0.3 is 5.97 Å². The van der Waals surface area contributed by atoms with E-state index in [0.717, 1.165) is 16.9 Å². The van der Waals surface area contributed by atoms with E-state index in [2.05, 4.69) is 4.98 Å². The SMILES string of the molecule is O=C(O)c1nc(COc2ccc(CCO)cc2)cs1. The third-order valence-electron chi connectivity index (χ3n) is 2.45. The zero-order valence-electron chi connectivity index (χ0n) is 10.1. The smallest absolute Gasteiger partial charge is 0.365 e. The van der Waals surface area contributed by atoms with Gasteiger partial charge in [0.2, 0.25) is 5.01 Å². The number of thiazole rings is 1. The molecule has 19 heavy (non-hydrogen) atoms. The summed E-state index contributed by atoms with van der Waals surface area (Å²) in [6.45, 7) is 0.361. The zero-order chi connectivity index (χ0) is 13.7. The average Bonchev–Trinajstić information content (AvgIpc) is 2.87. The van der Waals surface area contributed by atoms with E-state index in [1.807, 2.05) is 24.3 Å². The minimum atomic E-state index is -1.02. The van der Waals surface area contributed by atoms with E-state index in [9.17, 15) is 4.79 Å². The number of aromatic carboxylic acids is 1. The summed E-state index contributed by atoms with van der Waals surface area (Å²) in [4.78, 5) is 14.6. The van der Waals surface area contributed by atoms with E-state index in [-0.39, 0.29) is 18.2 Å². The van der Waals surface area contributed by atoms with Gasteiger partial charge in [0.25, 0.3) is 0 Å². The number of carboxylic acid groups (broad SMARTS) is 1. The molecule has 0 atom stereocenters. The molecular weight excluding hydrogens is 266 g/mol. The van der Waals surface area contributed by atoms with Crippen LogP contribution < -0.4 is 4.74 Å². The van der Waals surface area contributed by atoms with E-state index in [4.69, 9.17) is 14.9 Å². The van der Waals surface area contributed by atoms with Crippen LogP contribution in [-0.4, -0.2) is 27.8 Å². The van der Waals surface area contributed by atoms with Crippen molar-refractivity contribution in [1.29, 1.82) is 0 Å². The van der Waals surface area contributed by atoms with Crippen molar-refractivity contribution in [1.82, 2.24) is 4.98 Å². The van der Waals surface area contributed by atoms with Crippen molar-refractivity contribution in [3.8, 4) is 5.75 Å². The second-order valence-electron chi connectivity index (χ2n) is 3.86. The van der Waals surface area contributed by atoms with Crippen LogP contribution in [0.3, 0.4) is 0 Å². The number of benzene rings is 1. The summed E-state index contributed by atoms with van der Waals surface area (Å²) < 4.78 is 5.51. The highest BCUT2D eigenvalue weighted by Crippen LogP contribution is 2.16. The third kappa shape index (κ3) is 3.77. The van der Waals surface area contributed by atoms with Crippen molar-refractivity contribution in [2.75, 3.05) is 6.61 Å². The first-order valence-electron chi connectivity index (χ1n) is 5.69. The van der Waals surface area contributed by atoms with Gasteiger partial charge in [-0.3, -0.25) is 0 Å². The number of aliphatic hydroxyl groups excluding tert-OH is 1. The van der Waals surface area contributed by atoms with Crippen LogP contribution in [-0.2, 0) is 13.0 Å². The van der Waals surface area contributed by atoms with Crippen LogP contribution in [0.25, 0.3) is 0 Å². The van der Waals surface area contributed by atoms with Crippen LogP contribution >= 0.6 is 11.3 Å². The van der Waals surface area contributed by atoms with Gasteiger partial charge in [-0.2, -0.15) is 0 Å². The van der Waals surface area contributed by atoms with E-state index in [1.165, 1.54) is 0 Å². The fourth-order valence-corrected chi connectivity index (χ4v) is 2.15. The molecule has 0 unspecified atom stereocenters. The largest absolute Gasteiger partial charge is 0.487 e. The lowest BCUT2D eigenvalue weighted by Crippen LogP contribution is -1.99. The first-order valence-corrected chi connectivity index (χ1v) is 6.57. The number of ether oxygens (including phenoxy) is 1. The van der Waals surface area contributed by atoms with Crippen molar-refractivity contribution in [3.63, 3.8) is 0 Å². The predicted octanol–water partition coefficient (Wildman–Crippen LogP) is 1.96. The standard InChI is InChI=1S/C13H13NO4S/c15-6-5-9-1-3-11(4-2-9)18-7-10-8-19-12(14-10)13(16)17/h1-4,8,15H,5-7H2,(H,16,17). The molecule has 0 spiro atoms. The van der Waals surface area contributed by atoms with Crippen molar-refractivity contribution >= 4 is 17.3 Å². The van der Waals surface area contributed by atoms with E-state index >= 15 is 0 Å². The topological polar surface area (TPSA) is 79.7 Å². The van der Waals surface area contributed by atoms with Gasteiger partial charge in [0.05, 0.1) is 5.69 Å². The highest BCUT2D eigenvalue weighted by atomic mass is 32.1. The van der Waals surface area contributed by atoms with Crippen LogP contribution in [0.4, 0.5) is 0 Å². The summed E-state index contributed by atoms with van der Waals surface area (Å²) in [5.41, 5.74) is 1.64. The lowest BCUT2D eigenvalue weighted by Gasteiger charge is -2.05. The first-order chi connectivity index (χ1) is 9.19. The fourth-order valence-electron chi connectivity index (χ4n) is 1.51. The number of rotatable bonds is 6. The molecule has 0 saturated carbocycles. The van der Waals surface area contributed by atoms with E-state index < -0.39 is 5.97 Å². The monoisotopic (exact) mass is 279 g/mol. The van der Waals surface area contributed by atoms with Crippen molar-refractivity contribution in [2.45, 2.75) is 13.0 Å². The third-order valence-corrected chi connectivity index (χ3v) is 3.32. The Kier molecular flexibility index (Phi) is 4.48. The van der Waals surface area contributed by atoms with Crippen molar-refractivity contribution in [2.24, 2.45) is 0 Å². The van der Waals surface area contributed by atoms with Crippen molar-refractivity contribution < 1.29 is 19.7 Å². The maximum Gasteiger partial charge on any atom is 0.365 e. The maximum atomic E-state index is 10.7. The summed E-state index contributed by atoms with van der Waals surface area (Å²) >= 11 is 1.08. The van der Waals surface area contributed by atoms with E-state index in [1.54, 1.807) is 5.38 Å². The summed E-state index contributed by atoms with van der Waals surface area (Å²) in [6, 6.07) is 7.40. The Labute approximate surface area is 114 Å². The minimum Gasteiger partial charge on any atom is -0.487 e. The molecule has 0 saturated heterocycles. The number of hydrogen-bond donors (Lipinski definition) is 2. The van der Waals surface area contributed by atoms with Gasteiger partial charge in [-0.1, -0.05) is 12.1 Å². The lowest BCUT2D eigenvalue weighted by molar-refractivity contribution is 0.0696. The lowest BCUT2D eigenvalue weighted by atomic mass is 10.1. The molecule has 6 heteroatoms. The number of hydrogen-bond acceptors (Lipinski definition) is 5. The van der Waals surface area contributed by atoms with Crippen LogP contribution in [0.15, 0.2) is 29.6 Å². The molecule has 0 aliphatic heterocycles. The maximum absolute atomic E-state index is 10.7. The van der Waals surface area contributed by atoms with Gasteiger partial charge in [-0.15, -0.1) is 11.3 Å². The first kappa shape index (κ1) is 13.5. The number of aliphatic hydroxyl groups is 1. The summed E-state index contributed by atoms with van der Waals surface area (Å²) in [6.07, 6.45) is 0.619.